The number of carbonyl (C=O) groups excluding carboxylic acids is 1. The van der Waals surface area contributed by atoms with Crippen molar-refractivity contribution in [3.63, 3.8) is 0 Å². The largest absolute Gasteiger partial charge is 0.356 e. The molecule has 1 saturated carbocycles. The molecule has 5 heteroatoms. The molecule has 0 spiro atoms. The molecular weight excluding hydrogens is 288 g/mol. The molecule has 2 heterocycles. The normalized spacial score (nSPS) is 22.9. The Bertz CT molecular complexity index is 513. The van der Waals surface area contributed by atoms with E-state index in [-0.39, 0.29) is 11.8 Å². The SMILES string of the molecule is CN(C)C(CNC(=O)C1CCCN(c2ccccn2)C1)C1CC1. The smallest absolute Gasteiger partial charge is 0.224 e. The second-order valence-corrected chi connectivity index (χ2v) is 7.09. The van der Waals surface area contributed by atoms with Crippen molar-refractivity contribution < 1.29 is 4.79 Å². The molecule has 2 atom stereocenters. The Hall–Kier alpha value is -1.62. The van der Waals surface area contributed by atoms with Crippen molar-refractivity contribution in [1.82, 2.24) is 15.2 Å². The number of likely N-dealkylation sites (N-methyl/N-ethyl adjacent to an activating group) is 1. The zero-order valence-corrected chi connectivity index (χ0v) is 14.2. The van der Waals surface area contributed by atoms with Crippen molar-refractivity contribution in [2.45, 2.75) is 31.7 Å². The summed E-state index contributed by atoms with van der Waals surface area (Å²) < 4.78 is 0. The second-order valence-electron chi connectivity index (χ2n) is 7.09. The molecular formula is C18H28N4O. The van der Waals surface area contributed by atoms with E-state index in [9.17, 15) is 4.79 Å². The van der Waals surface area contributed by atoms with Gasteiger partial charge in [0.1, 0.15) is 5.82 Å². The number of hydrogen-bond donors (Lipinski definition) is 1. The van der Waals surface area contributed by atoms with Gasteiger partial charge in [0.25, 0.3) is 0 Å². The van der Waals surface area contributed by atoms with Gasteiger partial charge in [-0.1, -0.05) is 6.07 Å². The van der Waals surface area contributed by atoms with Gasteiger partial charge in [0.05, 0.1) is 5.92 Å². The molecule has 0 radical (unpaired) electrons. The van der Waals surface area contributed by atoms with Gasteiger partial charge in [-0.25, -0.2) is 4.98 Å². The van der Waals surface area contributed by atoms with Crippen LogP contribution >= 0.6 is 0 Å². The van der Waals surface area contributed by atoms with Gasteiger partial charge in [0, 0.05) is 31.9 Å². The number of piperidine rings is 1. The van der Waals surface area contributed by atoms with Gasteiger partial charge in [0.15, 0.2) is 0 Å². The lowest BCUT2D eigenvalue weighted by molar-refractivity contribution is -0.125. The van der Waals surface area contributed by atoms with Crippen LogP contribution in [-0.2, 0) is 4.79 Å². The number of anilines is 1. The summed E-state index contributed by atoms with van der Waals surface area (Å²) in [5.41, 5.74) is 0. The molecule has 0 aromatic carbocycles. The van der Waals surface area contributed by atoms with E-state index in [0.29, 0.717) is 6.04 Å². The van der Waals surface area contributed by atoms with Crippen LogP contribution in [0, 0.1) is 11.8 Å². The quantitative estimate of drug-likeness (QED) is 0.869. The number of hydrogen-bond acceptors (Lipinski definition) is 4. The number of aromatic nitrogens is 1. The van der Waals surface area contributed by atoms with Crippen LogP contribution in [0.25, 0.3) is 0 Å². The maximum Gasteiger partial charge on any atom is 0.224 e. The molecule has 1 aromatic heterocycles. The first-order chi connectivity index (χ1) is 11.1. The zero-order valence-electron chi connectivity index (χ0n) is 14.2. The average molecular weight is 316 g/mol. The highest BCUT2D eigenvalue weighted by molar-refractivity contribution is 5.79. The van der Waals surface area contributed by atoms with Gasteiger partial charge in [-0.05, 0) is 57.8 Å². The summed E-state index contributed by atoms with van der Waals surface area (Å²) in [6.07, 6.45) is 6.45. The van der Waals surface area contributed by atoms with Gasteiger partial charge >= 0.3 is 0 Å². The second kappa shape index (κ2) is 7.30. The molecule has 5 nitrogen and oxygen atoms in total. The Morgan fingerprint density at radius 2 is 2.22 bits per heavy atom. The number of nitrogens with zero attached hydrogens (tertiary/aromatic N) is 3. The molecule has 2 fully saturated rings. The third kappa shape index (κ3) is 4.22. The van der Waals surface area contributed by atoms with Crippen LogP contribution in [0.5, 0.6) is 0 Å². The van der Waals surface area contributed by atoms with Gasteiger partial charge in [-0.3, -0.25) is 4.79 Å². The molecule has 3 rings (SSSR count). The fourth-order valence-electron chi connectivity index (χ4n) is 3.54. The minimum Gasteiger partial charge on any atom is -0.356 e. The van der Waals surface area contributed by atoms with E-state index in [1.165, 1.54) is 12.8 Å². The Balaban J connectivity index is 1.52. The van der Waals surface area contributed by atoms with Crippen molar-refractivity contribution in [1.29, 1.82) is 0 Å². The molecule has 1 aromatic rings. The van der Waals surface area contributed by atoms with Crippen LogP contribution in [-0.4, -0.2) is 55.6 Å². The first-order valence-electron chi connectivity index (χ1n) is 8.75. The summed E-state index contributed by atoms with van der Waals surface area (Å²) in [5.74, 6) is 2.03. The summed E-state index contributed by atoms with van der Waals surface area (Å²) in [6, 6.07) is 6.44. The fraction of sp³-hybridized carbons (Fsp3) is 0.667. The van der Waals surface area contributed by atoms with Crippen LogP contribution in [0.1, 0.15) is 25.7 Å². The lowest BCUT2D eigenvalue weighted by Crippen LogP contribution is -2.47. The first-order valence-corrected chi connectivity index (χ1v) is 8.75. The maximum atomic E-state index is 12.6. The lowest BCUT2D eigenvalue weighted by atomic mass is 9.97. The summed E-state index contributed by atoms with van der Waals surface area (Å²) in [4.78, 5) is 21.5. The first kappa shape index (κ1) is 16.2. The molecule has 1 saturated heterocycles. The molecule has 2 aliphatic rings. The standard InChI is InChI=1S/C18H28N4O/c1-21(2)16(14-8-9-14)12-20-18(23)15-6-5-11-22(13-15)17-7-3-4-10-19-17/h3-4,7,10,14-16H,5-6,8-9,11-13H2,1-2H3,(H,20,23). The average Bonchev–Trinajstić information content (AvgIpc) is 3.40. The van der Waals surface area contributed by atoms with Crippen molar-refractivity contribution in [3.05, 3.63) is 24.4 Å². The molecule has 1 aliphatic carbocycles. The third-order valence-electron chi connectivity index (χ3n) is 5.08. The molecule has 1 N–H and O–H groups in total. The monoisotopic (exact) mass is 316 g/mol. The van der Waals surface area contributed by atoms with E-state index in [0.717, 1.165) is 44.2 Å². The minimum atomic E-state index is 0.0766. The Morgan fingerprint density at radius 1 is 1.39 bits per heavy atom. The zero-order chi connectivity index (χ0) is 16.2. The molecule has 0 bridgehead atoms. The van der Waals surface area contributed by atoms with Gasteiger partial charge in [0.2, 0.25) is 5.91 Å². The Labute approximate surface area is 139 Å². The van der Waals surface area contributed by atoms with Crippen LogP contribution in [0.3, 0.4) is 0 Å². The molecule has 23 heavy (non-hydrogen) atoms. The number of amides is 1. The number of rotatable bonds is 6. The number of nitrogens with one attached hydrogen (secondary N) is 1. The van der Waals surface area contributed by atoms with E-state index < -0.39 is 0 Å². The van der Waals surface area contributed by atoms with Gasteiger partial charge in [-0.2, -0.15) is 0 Å². The van der Waals surface area contributed by atoms with Gasteiger partial charge in [-0.15, -0.1) is 0 Å². The third-order valence-corrected chi connectivity index (χ3v) is 5.08. The van der Waals surface area contributed by atoms with Crippen molar-refractivity contribution >= 4 is 11.7 Å². The molecule has 2 unspecified atom stereocenters. The van der Waals surface area contributed by atoms with Crippen LogP contribution in [0.4, 0.5) is 5.82 Å². The van der Waals surface area contributed by atoms with Crippen LogP contribution in [0.2, 0.25) is 0 Å². The van der Waals surface area contributed by atoms with E-state index in [1.54, 1.807) is 0 Å². The number of carbonyl (C=O) groups is 1. The van der Waals surface area contributed by atoms with Crippen LogP contribution < -0.4 is 10.2 Å². The highest BCUT2D eigenvalue weighted by Crippen LogP contribution is 2.34. The minimum absolute atomic E-state index is 0.0766. The highest BCUT2D eigenvalue weighted by Gasteiger charge is 2.33. The maximum absolute atomic E-state index is 12.6. The topological polar surface area (TPSA) is 48.5 Å². The summed E-state index contributed by atoms with van der Waals surface area (Å²) in [6.45, 7) is 2.54. The number of pyridine rings is 1. The molecule has 1 aliphatic heterocycles. The van der Waals surface area contributed by atoms with Crippen molar-refractivity contribution in [2.24, 2.45) is 11.8 Å². The highest BCUT2D eigenvalue weighted by atomic mass is 16.1. The Morgan fingerprint density at radius 3 is 2.87 bits per heavy atom. The summed E-state index contributed by atoms with van der Waals surface area (Å²) in [7, 11) is 4.22. The molecule has 1 amide bonds. The summed E-state index contributed by atoms with van der Waals surface area (Å²) >= 11 is 0. The van der Waals surface area contributed by atoms with Crippen molar-refractivity contribution in [3.8, 4) is 0 Å². The van der Waals surface area contributed by atoms with Crippen LogP contribution in [0.15, 0.2) is 24.4 Å². The van der Waals surface area contributed by atoms with E-state index >= 15 is 0 Å². The Kier molecular flexibility index (Phi) is 5.16. The van der Waals surface area contributed by atoms with E-state index in [1.807, 2.05) is 24.4 Å². The van der Waals surface area contributed by atoms with Gasteiger partial charge < -0.3 is 15.1 Å². The van der Waals surface area contributed by atoms with E-state index in [4.69, 9.17) is 0 Å². The van der Waals surface area contributed by atoms with E-state index in [2.05, 4.69) is 34.2 Å². The fourth-order valence-corrected chi connectivity index (χ4v) is 3.54. The lowest BCUT2D eigenvalue weighted by Gasteiger charge is -2.33. The predicted octanol–water partition coefficient (Wildman–Crippen LogP) is 1.75. The summed E-state index contributed by atoms with van der Waals surface area (Å²) in [5, 5.41) is 3.20. The molecule has 126 valence electrons. The predicted molar refractivity (Wildman–Crippen MR) is 92.4 cm³/mol. The van der Waals surface area contributed by atoms with Crippen molar-refractivity contribution in [2.75, 3.05) is 38.6 Å².